The number of aliphatic carboxylic acids is 1. The number of hydrazine groups is 1. The van der Waals surface area contributed by atoms with E-state index in [1.165, 1.54) is 0 Å². The lowest BCUT2D eigenvalue weighted by Gasteiger charge is -2.31. The monoisotopic (exact) mass is 247 g/mol. The molecule has 0 unspecified atom stereocenters. The lowest BCUT2D eigenvalue weighted by molar-refractivity contribution is -0.729. The van der Waals surface area contributed by atoms with Crippen molar-refractivity contribution in [2.24, 2.45) is 5.28 Å². The molecule has 0 aliphatic carbocycles. The molecule has 9 nitrogen and oxygen atoms in total. The summed E-state index contributed by atoms with van der Waals surface area (Å²) in [4.78, 5) is 25.7. The number of ether oxygens (including phenoxy) is 1. The number of carbonyl (C=O) groups excluding carboxylic acids is 1. The van der Waals surface area contributed by atoms with Crippen molar-refractivity contribution >= 4 is 11.9 Å². The lowest BCUT2D eigenvalue weighted by Crippen LogP contribution is -2.55. The van der Waals surface area contributed by atoms with Crippen molar-refractivity contribution in [3.63, 3.8) is 0 Å². The second kappa shape index (κ2) is 5.87. The predicted molar refractivity (Wildman–Crippen MR) is 51.1 cm³/mol. The van der Waals surface area contributed by atoms with Crippen LogP contribution in [0.2, 0.25) is 0 Å². The molecule has 1 fully saturated rings. The first-order valence-electron chi connectivity index (χ1n) is 5.01. The highest BCUT2D eigenvalue weighted by atomic mass is 16.8. The molecule has 0 amide bonds. The van der Waals surface area contributed by atoms with Gasteiger partial charge in [0.05, 0.1) is 11.5 Å². The number of carbonyl (C=O) groups is 2. The summed E-state index contributed by atoms with van der Waals surface area (Å²) in [6.07, 6.45) is 0.575. The molecule has 0 aromatic heterocycles. The van der Waals surface area contributed by atoms with Crippen LogP contribution in [0.5, 0.6) is 0 Å². The number of nitrogens with zero attached hydrogens (tertiary/aromatic N) is 3. The van der Waals surface area contributed by atoms with Crippen molar-refractivity contribution in [1.82, 2.24) is 5.01 Å². The van der Waals surface area contributed by atoms with E-state index in [0.717, 1.165) is 5.01 Å². The summed E-state index contributed by atoms with van der Waals surface area (Å²) in [5, 5.41) is 23.9. The van der Waals surface area contributed by atoms with Crippen LogP contribution in [0.15, 0.2) is 5.28 Å². The molecule has 0 saturated carbocycles. The first kappa shape index (κ1) is 13.0. The number of esters is 1. The largest absolute Gasteiger partial charge is 0.569 e. The third-order valence-corrected chi connectivity index (χ3v) is 2.19. The van der Waals surface area contributed by atoms with Crippen LogP contribution in [0.4, 0.5) is 0 Å². The molecule has 9 heteroatoms. The van der Waals surface area contributed by atoms with Crippen LogP contribution in [0.1, 0.15) is 19.8 Å². The summed E-state index contributed by atoms with van der Waals surface area (Å²) in [6.45, 7) is 1.43. The average Bonchev–Trinajstić information content (AvgIpc) is 2.21. The lowest BCUT2D eigenvalue weighted by atomic mass is 10.1. The molecule has 1 aliphatic heterocycles. The third kappa shape index (κ3) is 3.47. The Labute approximate surface area is 96.7 Å². The van der Waals surface area contributed by atoms with Gasteiger partial charge in [0.25, 0.3) is 6.79 Å². The Kier molecular flexibility index (Phi) is 4.49. The molecule has 0 bridgehead atoms. The zero-order valence-electron chi connectivity index (χ0n) is 9.24. The highest BCUT2D eigenvalue weighted by molar-refractivity contribution is 5.74. The normalized spacial score (nSPS) is 19.5. The zero-order chi connectivity index (χ0) is 12.8. The summed E-state index contributed by atoms with van der Waals surface area (Å²) >= 11 is 0. The minimum absolute atomic E-state index is 0.0437. The van der Waals surface area contributed by atoms with E-state index < -0.39 is 24.8 Å². The molecule has 1 N–H and O–H groups in total. The molecule has 0 radical (unpaired) electrons. The maximum atomic E-state index is 11.2. The van der Waals surface area contributed by atoms with Gasteiger partial charge in [-0.15, -0.1) is 5.01 Å². The Hall–Kier alpha value is -2.06. The minimum atomic E-state index is -1.09. The van der Waals surface area contributed by atoms with Crippen LogP contribution in [-0.2, 0) is 19.2 Å². The van der Waals surface area contributed by atoms with Gasteiger partial charge in [0, 0.05) is 12.8 Å². The van der Waals surface area contributed by atoms with Gasteiger partial charge in [0.15, 0.2) is 6.04 Å². The van der Waals surface area contributed by atoms with E-state index in [4.69, 9.17) is 5.11 Å². The van der Waals surface area contributed by atoms with E-state index in [1.807, 2.05) is 0 Å². The van der Waals surface area contributed by atoms with Crippen LogP contribution in [0, 0.1) is 5.21 Å². The standard InChI is InChI=1S/C8H13N3O6/c1-2-7(12)16-5-17-9-11(15)10-4-3-6(10)8(13)14/h6H,2-5H2,1H3,(H,13,14)/b11-9-/t6-/m0/s1. The van der Waals surface area contributed by atoms with E-state index in [9.17, 15) is 14.8 Å². The summed E-state index contributed by atoms with van der Waals surface area (Å²) in [5.74, 6) is -1.57. The fourth-order valence-electron chi connectivity index (χ4n) is 1.14. The fraction of sp³-hybridized carbons (Fsp3) is 0.750. The summed E-state index contributed by atoms with van der Waals surface area (Å²) < 4.78 is 4.49. The van der Waals surface area contributed by atoms with E-state index in [-0.39, 0.29) is 11.4 Å². The first-order chi connectivity index (χ1) is 8.06. The molecule has 0 spiro atoms. The average molecular weight is 247 g/mol. The second-order valence-electron chi connectivity index (χ2n) is 3.26. The summed E-state index contributed by atoms with van der Waals surface area (Å²) in [7, 11) is 0. The number of rotatable bonds is 6. The van der Waals surface area contributed by atoms with Crippen LogP contribution >= 0.6 is 0 Å². The molecule has 1 rings (SSSR count). The van der Waals surface area contributed by atoms with Crippen molar-refractivity contribution in [2.75, 3.05) is 13.3 Å². The summed E-state index contributed by atoms with van der Waals surface area (Å²) in [5.41, 5.74) is 0. The topological polar surface area (TPSA) is 114 Å². The highest BCUT2D eigenvalue weighted by Gasteiger charge is 2.41. The van der Waals surface area contributed by atoms with Gasteiger partial charge < -0.3 is 19.9 Å². The van der Waals surface area contributed by atoms with Crippen LogP contribution in [0.3, 0.4) is 0 Å². The van der Waals surface area contributed by atoms with Gasteiger partial charge in [0.1, 0.15) is 0 Å². The quantitative estimate of drug-likeness (QED) is 0.173. The smallest absolute Gasteiger partial charge is 0.332 e. The molecule has 1 aliphatic rings. The van der Waals surface area contributed by atoms with Crippen LogP contribution in [0.25, 0.3) is 0 Å². The van der Waals surface area contributed by atoms with Gasteiger partial charge in [-0.2, -0.15) is 0 Å². The molecular formula is C8H13N3O6. The van der Waals surface area contributed by atoms with E-state index in [0.29, 0.717) is 13.0 Å². The molecule has 1 saturated heterocycles. The Morgan fingerprint density at radius 3 is 2.82 bits per heavy atom. The van der Waals surface area contributed by atoms with Crippen molar-refractivity contribution in [3.05, 3.63) is 5.21 Å². The number of hydrogen-bond donors (Lipinski definition) is 1. The molecule has 17 heavy (non-hydrogen) atoms. The fourth-order valence-corrected chi connectivity index (χ4v) is 1.14. The summed E-state index contributed by atoms with van der Waals surface area (Å²) in [6, 6.07) is -0.877. The van der Waals surface area contributed by atoms with Crippen LogP contribution in [-0.4, -0.2) is 46.4 Å². The van der Waals surface area contributed by atoms with E-state index in [1.54, 1.807) is 6.92 Å². The van der Waals surface area contributed by atoms with Gasteiger partial charge in [-0.25, -0.2) is 4.79 Å². The Bertz CT molecular complexity index is 331. The molecule has 1 atom stereocenters. The maximum Gasteiger partial charge on any atom is 0.332 e. The maximum absolute atomic E-state index is 11.2. The van der Waals surface area contributed by atoms with E-state index >= 15 is 0 Å². The van der Waals surface area contributed by atoms with Crippen molar-refractivity contribution in [1.29, 1.82) is 0 Å². The SMILES string of the molecule is CCC(=O)OCO/N=[N+](\[O-])N1CC[C@H]1C(=O)O. The third-order valence-electron chi connectivity index (χ3n) is 2.19. The molecule has 96 valence electrons. The van der Waals surface area contributed by atoms with Gasteiger partial charge in [-0.05, 0) is 0 Å². The number of carboxylic acids is 1. The predicted octanol–water partition coefficient (Wildman–Crippen LogP) is -0.135. The van der Waals surface area contributed by atoms with Crippen molar-refractivity contribution in [2.45, 2.75) is 25.8 Å². The minimum Gasteiger partial charge on any atom is -0.569 e. The first-order valence-corrected chi connectivity index (χ1v) is 5.01. The Morgan fingerprint density at radius 2 is 2.35 bits per heavy atom. The van der Waals surface area contributed by atoms with Crippen molar-refractivity contribution < 1.29 is 29.2 Å². The Balaban J connectivity index is 2.30. The van der Waals surface area contributed by atoms with Gasteiger partial charge in [-0.1, -0.05) is 6.92 Å². The highest BCUT2D eigenvalue weighted by Crippen LogP contribution is 2.17. The molecule has 0 aromatic rings. The Morgan fingerprint density at radius 1 is 1.65 bits per heavy atom. The zero-order valence-corrected chi connectivity index (χ0v) is 9.24. The molecule has 1 heterocycles. The number of hydrogen-bond acceptors (Lipinski definition) is 6. The van der Waals surface area contributed by atoms with Gasteiger partial charge >= 0.3 is 11.9 Å². The van der Waals surface area contributed by atoms with Crippen LogP contribution < -0.4 is 0 Å². The molecule has 0 aromatic carbocycles. The second-order valence-corrected chi connectivity index (χ2v) is 3.26. The molecular weight excluding hydrogens is 234 g/mol. The number of carboxylic acid groups (broad SMARTS) is 1. The van der Waals surface area contributed by atoms with Gasteiger partial charge in [-0.3, -0.25) is 4.79 Å². The van der Waals surface area contributed by atoms with Gasteiger partial charge in [0.2, 0.25) is 5.28 Å². The van der Waals surface area contributed by atoms with Crippen molar-refractivity contribution in [3.8, 4) is 0 Å². The van der Waals surface area contributed by atoms with E-state index in [2.05, 4.69) is 14.9 Å².